The lowest BCUT2D eigenvalue weighted by Gasteiger charge is -2.20. The molecule has 0 unspecified atom stereocenters. The maximum absolute atomic E-state index is 13.0. The van der Waals surface area contributed by atoms with Gasteiger partial charge in [0.25, 0.3) is 5.89 Å². The fourth-order valence-corrected chi connectivity index (χ4v) is 3.29. The summed E-state index contributed by atoms with van der Waals surface area (Å²) in [6, 6.07) is 7.59. The van der Waals surface area contributed by atoms with E-state index in [9.17, 15) is 4.79 Å². The minimum Gasteiger partial charge on any atom is -0.464 e. The lowest BCUT2D eigenvalue weighted by atomic mass is 10.0. The molecule has 3 heterocycles. The van der Waals surface area contributed by atoms with Crippen molar-refractivity contribution in [3.8, 4) is 11.7 Å². The van der Waals surface area contributed by atoms with Crippen molar-refractivity contribution in [3.63, 3.8) is 0 Å². The Morgan fingerprint density at radius 1 is 1.14 bits per heavy atom. The first-order chi connectivity index (χ1) is 14.0. The number of carbonyl (C=O) groups is 1. The molecule has 3 aromatic heterocycles. The van der Waals surface area contributed by atoms with Crippen molar-refractivity contribution in [3.05, 3.63) is 59.4 Å². The van der Waals surface area contributed by atoms with Crippen LogP contribution in [0.2, 0.25) is 0 Å². The van der Waals surface area contributed by atoms with Crippen molar-refractivity contribution in [2.45, 2.75) is 40.2 Å². The van der Waals surface area contributed by atoms with Gasteiger partial charge in [0, 0.05) is 17.5 Å². The average molecular weight is 393 g/mol. The molecule has 4 aromatic rings. The Balaban J connectivity index is 1.51. The van der Waals surface area contributed by atoms with Gasteiger partial charge >= 0.3 is 0 Å². The molecular formula is C22H23N3O4. The van der Waals surface area contributed by atoms with E-state index in [2.05, 4.69) is 23.2 Å². The second-order valence-corrected chi connectivity index (χ2v) is 7.16. The van der Waals surface area contributed by atoms with E-state index >= 15 is 0 Å². The van der Waals surface area contributed by atoms with Crippen molar-refractivity contribution >= 4 is 16.9 Å². The highest BCUT2D eigenvalue weighted by Crippen LogP contribution is 2.26. The molecule has 0 fully saturated rings. The van der Waals surface area contributed by atoms with Gasteiger partial charge in [-0.2, -0.15) is 0 Å². The third-order valence-electron chi connectivity index (χ3n) is 4.98. The maximum atomic E-state index is 13.0. The molecule has 150 valence electrons. The predicted molar refractivity (Wildman–Crippen MR) is 107 cm³/mol. The van der Waals surface area contributed by atoms with Gasteiger partial charge in [0.05, 0.1) is 25.5 Å². The molecule has 0 saturated heterocycles. The molecule has 0 aliphatic rings. The van der Waals surface area contributed by atoms with Gasteiger partial charge < -0.3 is 18.2 Å². The summed E-state index contributed by atoms with van der Waals surface area (Å²) in [5.41, 5.74) is 4.03. The predicted octanol–water partition coefficient (Wildman–Crippen LogP) is 4.67. The van der Waals surface area contributed by atoms with Crippen LogP contribution >= 0.6 is 0 Å². The van der Waals surface area contributed by atoms with Crippen LogP contribution in [0, 0.1) is 13.8 Å². The minimum atomic E-state index is -0.00877. The second kappa shape index (κ2) is 7.95. The van der Waals surface area contributed by atoms with Crippen LogP contribution in [0.15, 0.2) is 50.0 Å². The third-order valence-corrected chi connectivity index (χ3v) is 4.98. The van der Waals surface area contributed by atoms with E-state index in [4.69, 9.17) is 13.3 Å². The van der Waals surface area contributed by atoms with E-state index in [1.807, 2.05) is 19.9 Å². The van der Waals surface area contributed by atoms with Crippen LogP contribution in [0.3, 0.4) is 0 Å². The molecule has 0 atom stereocenters. The number of aromatic nitrogens is 2. The number of nitrogens with zero attached hydrogens (tertiary/aromatic N) is 3. The zero-order valence-corrected chi connectivity index (χ0v) is 16.8. The van der Waals surface area contributed by atoms with E-state index < -0.39 is 0 Å². The Kier molecular flexibility index (Phi) is 5.20. The Morgan fingerprint density at radius 2 is 1.97 bits per heavy atom. The Bertz CT molecular complexity index is 1120. The minimum absolute atomic E-state index is 0.00877. The van der Waals surface area contributed by atoms with Crippen molar-refractivity contribution < 1.29 is 18.0 Å². The third kappa shape index (κ3) is 3.94. The zero-order chi connectivity index (χ0) is 20.4. The number of aryl methyl sites for hydroxylation is 2. The Morgan fingerprint density at radius 3 is 2.72 bits per heavy atom. The van der Waals surface area contributed by atoms with E-state index in [-0.39, 0.29) is 18.9 Å². The molecule has 1 aromatic carbocycles. The number of hydrogen-bond donors (Lipinski definition) is 0. The molecule has 0 bridgehead atoms. The molecule has 0 aliphatic carbocycles. The van der Waals surface area contributed by atoms with Crippen LogP contribution in [0.25, 0.3) is 22.6 Å². The van der Waals surface area contributed by atoms with Crippen LogP contribution in [0.1, 0.15) is 35.9 Å². The van der Waals surface area contributed by atoms with Crippen molar-refractivity contribution in [2.75, 3.05) is 6.54 Å². The summed E-state index contributed by atoms with van der Waals surface area (Å²) >= 11 is 0. The summed E-state index contributed by atoms with van der Waals surface area (Å²) in [6.45, 7) is 7.00. The maximum Gasteiger partial charge on any atom is 0.283 e. The highest BCUT2D eigenvalue weighted by Gasteiger charge is 2.20. The average Bonchev–Trinajstić information content (AvgIpc) is 3.44. The van der Waals surface area contributed by atoms with Crippen LogP contribution in [0.5, 0.6) is 0 Å². The first-order valence-corrected chi connectivity index (χ1v) is 9.66. The smallest absolute Gasteiger partial charge is 0.283 e. The van der Waals surface area contributed by atoms with Crippen LogP contribution in [-0.4, -0.2) is 27.5 Å². The largest absolute Gasteiger partial charge is 0.464 e. The summed E-state index contributed by atoms with van der Waals surface area (Å²) in [5.74, 6) is 1.18. The number of rotatable bonds is 7. The SMILES string of the molecule is CCCN(Cc1nnc(-c2ccco2)o1)C(=O)Cc1coc2cc(C)c(C)cc12. The summed E-state index contributed by atoms with van der Waals surface area (Å²) in [7, 11) is 0. The molecule has 0 N–H and O–H groups in total. The van der Waals surface area contributed by atoms with Gasteiger partial charge in [0.15, 0.2) is 5.76 Å². The number of amides is 1. The fraction of sp³-hybridized carbons (Fsp3) is 0.318. The topological polar surface area (TPSA) is 85.5 Å². The number of fused-ring (bicyclic) bond motifs is 1. The molecule has 7 heteroatoms. The molecule has 0 aliphatic heterocycles. The van der Waals surface area contributed by atoms with Gasteiger partial charge in [-0.05, 0) is 55.7 Å². The van der Waals surface area contributed by atoms with Gasteiger partial charge in [-0.15, -0.1) is 10.2 Å². The Hall–Kier alpha value is -3.35. The molecule has 29 heavy (non-hydrogen) atoms. The van der Waals surface area contributed by atoms with E-state index in [0.717, 1.165) is 23.0 Å². The van der Waals surface area contributed by atoms with Crippen LogP contribution < -0.4 is 0 Å². The van der Waals surface area contributed by atoms with Gasteiger partial charge in [-0.25, -0.2) is 0 Å². The van der Waals surface area contributed by atoms with Gasteiger partial charge in [0.2, 0.25) is 11.8 Å². The van der Waals surface area contributed by atoms with Crippen molar-refractivity contribution in [2.24, 2.45) is 0 Å². The molecule has 0 radical (unpaired) electrons. The van der Waals surface area contributed by atoms with Crippen LogP contribution in [0.4, 0.5) is 0 Å². The molecular weight excluding hydrogens is 370 g/mol. The van der Waals surface area contributed by atoms with Gasteiger partial charge in [-0.3, -0.25) is 4.79 Å². The highest BCUT2D eigenvalue weighted by atomic mass is 16.4. The van der Waals surface area contributed by atoms with Gasteiger partial charge in [0.1, 0.15) is 5.58 Å². The molecule has 0 spiro atoms. The summed E-state index contributed by atoms with van der Waals surface area (Å²) in [5, 5.41) is 9.04. The summed E-state index contributed by atoms with van der Waals surface area (Å²) in [4.78, 5) is 14.7. The molecule has 1 amide bonds. The monoisotopic (exact) mass is 393 g/mol. The normalized spacial score (nSPS) is 11.3. The first kappa shape index (κ1) is 19.0. The number of furan rings is 2. The standard InChI is InChI=1S/C22H23N3O4/c1-4-7-25(12-20-23-24-22(29-20)18-6-5-8-27-18)21(26)11-16-13-28-19-10-15(3)14(2)9-17(16)19/h5-6,8-10,13H,4,7,11-12H2,1-3H3. The Labute approximate surface area is 168 Å². The van der Waals surface area contributed by atoms with Crippen molar-refractivity contribution in [1.82, 2.24) is 15.1 Å². The van der Waals surface area contributed by atoms with E-state index in [0.29, 0.717) is 24.1 Å². The van der Waals surface area contributed by atoms with Crippen molar-refractivity contribution in [1.29, 1.82) is 0 Å². The van der Waals surface area contributed by atoms with E-state index in [1.54, 1.807) is 29.6 Å². The second-order valence-electron chi connectivity index (χ2n) is 7.16. The molecule has 7 nitrogen and oxygen atoms in total. The summed E-state index contributed by atoms with van der Waals surface area (Å²) in [6.07, 6.45) is 4.31. The lowest BCUT2D eigenvalue weighted by Crippen LogP contribution is -2.32. The molecule has 0 saturated carbocycles. The summed E-state index contributed by atoms with van der Waals surface area (Å²) < 4.78 is 16.6. The lowest BCUT2D eigenvalue weighted by molar-refractivity contribution is -0.131. The zero-order valence-electron chi connectivity index (χ0n) is 16.8. The number of hydrogen-bond acceptors (Lipinski definition) is 6. The first-order valence-electron chi connectivity index (χ1n) is 9.66. The van der Waals surface area contributed by atoms with E-state index in [1.165, 1.54) is 11.1 Å². The number of benzene rings is 1. The highest BCUT2D eigenvalue weighted by molar-refractivity contribution is 5.88. The fourth-order valence-electron chi connectivity index (χ4n) is 3.29. The number of carbonyl (C=O) groups excluding carboxylic acids is 1. The molecule has 4 rings (SSSR count). The van der Waals surface area contributed by atoms with Gasteiger partial charge in [-0.1, -0.05) is 6.92 Å². The quantitative estimate of drug-likeness (QED) is 0.453. The van der Waals surface area contributed by atoms with Crippen LogP contribution in [-0.2, 0) is 17.8 Å².